The van der Waals surface area contributed by atoms with Crippen molar-refractivity contribution in [2.75, 3.05) is 5.73 Å². The molecule has 0 aliphatic carbocycles. The maximum Gasteiger partial charge on any atom is 0.170 e. The quantitative estimate of drug-likeness (QED) is 0.677. The minimum atomic E-state index is -0.0559. The molecule has 5 nitrogen and oxygen atoms in total. The molecule has 0 fully saturated rings. The smallest absolute Gasteiger partial charge is 0.170 e. The molecular weight excluding hydrogens is 252 g/mol. The second-order valence-corrected chi connectivity index (χ2v) is 4.24. The normalized spacial score (nSPS) is 10.6. The van der Waals surface area contributed by atoms with E-state index in [0.29, 0.717) is 28.6 Å². The number of anilines is 1. The van der Waals surface area contributed by atoms with Crippen LogP contribution in [0.25, 0.3) is 0 Å². The first-order valence-corrected chi connectivity index (χ1v) is 5.94. The number of rotatable bonds is 4. The zero-order valence-electron chi connectivity index (χ0n) is 9.93. The van der Waals surface area contributed by atoms with Crippen molar-refractivity contribution >= 4 is 23.1 Å². The number of nitrogens with zero attached hydrogens (tertiary/aromatic N) is 3. The first-order chi connectivity index (χ1) is 8.61. The fourth-order valence-electron chi connectivity index (χ4n) is 1.64. The molecule has 0 spiro atoms. The van der Waals surface area contributed by atoms with E-state index in [9.17, 15) is 4.79 Å². The van der Waals surface area contributed by atoms with Gasteiger partial charge in [0.25, 0.3) is 0 Å². The standard InChI is InChI=1S/C12H13ClN4O/c1-2-17-12(15-7-16-17)6-11(18)8-3-4-10(14)9(13)5-8/h3-5,7H,2,6,14H2,1H3. The lowest BCUT2D eigenvalue weighted by Crippen LogP contribution is -2.11. The van der Waals surface area contributed by atoms with Crippen LogP contribution in [0, 0.1) is 0 Å². The van der Waals surface area contributed by atoms with Crippen molar-refractivity contribution in [3.8, 4) is 0 Å². The molecule has 0 aliphatic heterocycles. The summed E-state index contributed by atoms with van der Waals surface area (Å²) in [5, 5.41) is 4.41. The lowest BCUT2D eigenvalue weighted by Gasteiger charge is -2.04. The van der Waals surface area contributed by atoms with Gasteiger partial charge in [-0.2, -0.15) is 5.10 Å². The number of aromatic nitrogens is 3. The van der Waals surface area contributed by atoms with E-state index in [2.05, 4.69) is 10.1 Å². The molecular formula is C12H13ClN4O. The summed E-state index contributed by atoms with van der Waals surface area (Å²) in [4.78, 5) is 16.1. The molecule has 1 aromatic heterocycles. The number of Topliss-reactive ketones (excluding diaryl/α,β-unsaturated/α-hetero) is 1. The number of nitrogen functional groups attached to an aromatic ring is 1. The highest BCUT2D eigenvalue weighted by Gasteiger charge is 2.12. The fraction of sp³-hybridized carbons (Fsp3) is 0.250. The Labute approximate surface area is 110 Å². The molecule has 1 aromatic carbocycles. The molecule has 0 unspecified atom stereocenters. The number of ketones is 1. The summed E-state index contributed by atoms with van der Waals surface area (Å²) in [5.41, 5.74) is 6.59. The van der Waals surface area contributed by atoms with Gasteiger partial charge < -0.3 is 5.73 Å². The molecule has 1 heterocycles. The largest absolute Gasteiger partial charge is 0.398 e. The highest BCUT2D eigenvalue weighted by molar-refractivity contribution is 6.33. The number of carbonyl (C=O) groups excluding carboxylic acids is 1. The van der Waals surface area contributed by atoms with Crippen molar-refractivity contribution < 1.29 is 4.79 Å². The van der Waals surface area contributed by atoms with Crippen LogP contribution in [-0.2, 0) is 13.0 Å². The van der Waals surface area contributed by atoms with Crippen LogP contribution < -0.4 is 5.73 Å². The third-order valence-corrected chi connectivity index (χ3v) is 2.96. The third-order valence-electron chi connectivity index (χ3n) is 2.64. The van der Waals surface area contributed by atoms with Crippen molar-refractivity contribution in [3.63, 3.8) is 0 Å². The molecule has 2 aromatic rings. The van der Waals surface area contributed by atoms with E-state index in [4.69, 9.17) is 17.3 Å². The lowest BCUT2D eigenvalue weighted by molar-refractivity contribution is 0.0989. The second kappa shape index (κ2) is 5.18. The maximum atomic E-state index is 12.1. The Morgan fingerprint density at radius 3 is 2.94 bits per heavy atom. The molecule has 0 bridgehead atoms. The maximum absolute atomic E-state index is 12.1. The fourth-order valence-corrected chi connectivity index (χ4v) is 1.82. The Morgan fingerprint density at radius 1 is 1.50 bits per heavy atom. The lowest BCUT2D eigenvalue weighted by atomic mass is 10.1. The van der Waals surface area contributed by atoms with E-state index < -0.39 is 0 Å². The van der Waals surface area contributed by atoms with Crippen LogP contribution in [0.5, 0.6) is 0 Å². The van der Waals surface area contributed by atoms with Crippen molar-refractivity contribution in [2.24, 2.45) is 0 Å². The van der Waals surface area contributed by atoms with Gasteiger partial charge in [0.05, 0.1) is 17.1 Å². The SMILES string of the molecule is CCn1ncnc1CC(=O)c1ccc(N)c(Cl)c1. The molecule has 6 heteroatoms. The summed E-state index contributed by atoms with van der Waals surface area (Å²) in [6, 6.07) is 4.86. The first-order valence-electron chi connectivity index (χ1n) is 5.56. The molecule has 0 saturated heterocycles. The Balaban J connectivity index is 2.19. The summed E-state index contributed by atoms with van der Waals surface area (Å²) in [6.45, 7) is 2.63. The minimum absolute atomic E-state index is 0.0559. The van der Waals surface area contributed by atoms with E-state index in [1.165, 1.54) is 6.33 Å². The van der Waals surface area contributed by atoms with Crippen LogP contribution in [-0.4, -0.2) is 20.5 Å². The van der Waals surface area contributed by atoms with Crippen LogP contribution in [0.3, 0.4) is 0 Å². The zero-order valence-corrected chi connectivity index (χ0v) is 10.7. The predicted molar refractivity (Wildman–Crippen MR) is 69.6 cm³/mol. The minimum Gasteiger partial charge on any atom is -0.398 e. The summed E-state index contributed by atoms with van der Waals surface area (Å²) < 4.78 is 1.69. The van der Waals surface area contributed by atoms with Gasteiger partial charge in [-0.05, 0) is 25.1 Å². The highest BCUT2D eigenvalue weighted by Crippen LogP contribution is 2.20. The number of aryl methyl sites for hydroxylation is 1. The van der Waals surface area contributed by atoms with E-state index in [0.717, 1.165) is 0 Å². The predicted octanol–water partition coefficient (Wildman–Crippen LogP) is 1.96. The van der Waals surface area contributed by atoms with E-state index >= 15 is 0 Å². The molecule has 2 rings (SSSR count). The average molecular weight is 265 g/mol. The Hall–Kier alpha value is -1.88. The second-order valence-electron chi connectivity index (χ2n) is 3.83. The van der Waals surface area contributed by atoms with Crippen LogP contribution in [0.1, 0.15) is 23.1 Å². The summed E-state index contributed by atoms with van der Waals surface area (Å²) in [5.74, 6) is 0.593. The van der Waals surface area contributed by atoms with Gasteiger partial charge in [-0.3, -0.25) is 4.79 Å². The summed E-state index contributed by atoms with van der Waals surface area (Å²) in [7, 11) is 0. The van der Waals surface area contributed by atoms with Gasteiger partial charge in [0.1, 0.15) is 12.2 Å². The van der Waals surface area contributed by atoms with Crippen LogP contribution in [0.2, 0.25) is 5.02 Å². The van der Waals surface area contributed by atoms with Crippen LogP contribution in [0.4, 0.5) is 5.69 Å². The first kappa shape index (κ1) is 12.6. The zero-order chi connectivity index (χ0) is 13.1. The molecule has 0 saturated carbocycles. The van der Waals surface area contributed by atoms with Crippen molar-refractivity contribution in [1.82, 2.24) is 14.8 Å². The third kappa shape index (κ3) is 2.51. The van der Waals surface area contributed by atoms with Gasteiger partial charge in [-0.15, -0.1) is 0 Å². The van der Waals surface area contributed by atoms with E-state index in [1.54, 1.807) is 22.9 Å². The Bertz CT molecular complexity index is 579. The number of benzene rings is 1. The summed E-state index contributed by atoms with van der Waals surface area (Å²) >= 11 is 5.89. The van der Waals surface area contributed by atoms with Crippen molar-refractivity contribution in [3.05, 3.63) is 40.9 Å². The highest BCUT2D eigenvalue weighted by atomic mass is 35.5. The molecule has 2 N–H and O–H groups in total. The summed E-state index contributed by atoms with van der Waals surface area (Å²) in [6.07, 6.45) is 1.65. The van der Waals surface area contributed by atoms with Gasteiger partial charge in [0, 0.05) is 12.1 Å². The number of halogens is 1. The molecule has 94 valence electrons. The Kier molecular flexibility index (Phi) is 3.62. The number of carbonyl (C=O) groups is 1. The van der Waals surface area contributed by atoms with Crippen LogP contribution in [0.15, 0.2) is 24.5 Å². The average Bonchev–Trinajstić information content (AvgIpc) is 2.79. The van der Waals surface area contributed by atoms with E-state index in [1.807, 2.05) is 6.92 Å². The van der Waals surface area contributed by atoms with Gasteiger partial charge in [0.2, 0.25) is 0 Å². The Morgan fingerprint density at radius 2 is 2.28 bits per heavy atom. The molecule has 0 radical (unpaired) electrons. The van der Waals surface area contributed by atoms with E-state index in [-0.39, 0.29) is 12.2 Å². The van der Waals surface area contributed by atoms with Crippen molar-refractivity contribution in [2.45, 2.75) is 19.9 Å². The van der Waals surface area contributed by atoms with Crippen molar-refractivity contribution in [1.29, 1.82) is 0 Å². The van der Waals surface area contributed by atoms with Gasteiger partial charge in [-0.25, -0.2) is 9.67 Å². The monoisotopic (exact) mass is 264 g/mol. The molecule has 0 amide bonds. The molecule has 0 aliphatic rings. The van der Waals surface area contributed by atoms with Gasteiger partial charge in [-0.1, -0.05) is 11.6 Å². The molecule has 0 atom stereocenters. The molecule has 18 heavy (non-hydrogen) atoms. The number of hydrogen-bond donors (Lipinski definition) is 1. The van der Waals surface area contributed by atoms with Gasteiger partial charge >= 0.3 is 0 Å². The van der Waals surface area contributed by atoms with Gasteiger partial charge in [0.15, 0.2) is 5.78 Å². The number of nitrogens with two attached hydrogens (primary N) is 1. The van der Waals surface area contributed by atoms with Crippen LogP contribution >= 0.6 is 11.6 Å². The number of hydrogen-bond acceptors (Lipinski definition) is 4. The topological polar surface area (TPSA) is 73.8 Å².